The molecular formula is C17H17FN4O3S. The molecule has 9 heteroatoms. The molecule has 2 aromatic rings. The Labute approximate surface area is 153 Å². The van der Waals surface area contributed by atoms with E-state index in [1.54, 1.807) is 5.38 Å². The van der Waals surface area contributed by atoms with Crippen molar-refractivity contribution in [3.63, 3.8) is 0 Å². The number of nitrogens with one attached hydrogen (secondary N) is 2. The number of hydrogen-bond acceptors (Lipinski definition) is 5. The molecule has 1 saturated heterocycles. The highest BCUT2D eigenvalue weighted by molar-refractivity contribution is 7.14. The van der Waals surface area contributed by atoms with E-state index in [2.05, 4.69) is 15.6 Å². The molecule has 136 valence electrons. The van der Waals surface area contributed by atoms with Gasteiger partial charge in [-0.05, 0) is 30.7 Å². The molecule has 1 fully saturated rings. The number of nitrogens with zero attached hydrogens (tertiary/aromatic N) is 2. The Morgan fingerprint density at radius 2 is 2.08 bits per heavy atom. The third-order valence-corrected chi connectivity index (χ3v) is 4.67. The molecule has 1 aromatic heterocycles. The number of carbonyl (C=O) groups is 3. The predicted octanol–water partition coefficient (Wildman–Crippen LogP) is 1.43. The maximum absolute atomic E-state index is 12.9. The van der Waals surface area contributed by atoms with Gasteiger partial charge in [0.25, 0.3) is 5.91 Å². The number of thiazole rings is 1. The largest absolute Gasteiger partial charge is 0.353 e. The molecule has 26 heavy (non-hydrogen) atoms. The molecule has 1 aromatic carbocycles. The van der Waals surface area contributed by atoms with Gasteiger partial charge in [0.15, 0.2) is 5.13 Å². The van der Waals surface area contributed by atoms with Gasteiger partial charge in [-0.2, -0.15) is 0 Å². The number of anilines is 1. The van der Waals surface area contributed by atoms with Crippen LogP contribution in [0.3, 0.4) is 0 Å². The van der Waals surface area contributed by atoms with Crippen LogP contribution in [0.15, 0.2) is 29.6 Å². The van der Waals surface area contributed by atoms with E-state index in [-0.39, 0.29) is 30.7 Å². The summed E-state index contributed by atoms with van der Waals surface area (Å²) in [6.45, 7) is 1.08. The summed E-state index contributed by atoms with van der Waals surface area (Å²) in [5.41, 5.74) is 1.03. The van der Waals surface area contributed by atoms with E-state index < -0.39 is 5.82 Å². The summed E-state index contributed by atoms with van der Waals surface area (Å²) in [6.07, 6.45) is 0.683. The maximum atomic E-state index is 12.9. The molecule has 0 unspecified atom stereocenters. The average molecular weight is 376 g/mol. The molecule has 1 aliphatic heterocycles. The highest BCUT2D eigenvalue weighted by Crippen LogP contribution is 2.18. The molecule has 7 nitrogen and oxygen atoms in total. The number of hydrogen-bond donors (Lipinski definition) is 2. The molecule has 0 spiro atoms. The zero-order valence-corrected chi connectivity index (χ0v) is 14.6. The van der Waals surface area contributed by atoms with Crippen molar-refractivity contribution >= 4 is 34.2 Å². The van der Waals surface area contributed by atoms with Crippen LogP contribution in [0.25, 0.3) is 0 Å². The molecule has 0 bridgehead atoms. The standard InChI is InChI=1S/C17H17FN4O3S/c18-12-3-1-11(2-4-12)16(25)21-17-20-13(10-26-17)5-6-15(24)22-8-7-19-14(23)9-22/h1-4,10H,5-9H2,(H,19,23)(H,20,21,25). The van der Waals surface area contributed by atoms with E-state index >= 15 is 0 Å². The van der Waals surface area contributed by atoms with Crippen LogP contribution in [-0.4, -0.2) is 47.2 Å². The van der Waals surface area contributed by atoms with Crippen LogP contribution in [-0.2, 0) is 16.0 Å². The first-order chi connectivity index (χ1) is 12.5. The van der Waals surface area contributed by atoms with Gasteiger partial charge >= 0.3 is 0 Å². The monoisotopic (exact) mass is 376 g/mol. The number of piperazine rings is 1. The summed E-state index contributed by atoms with van der Waals surface area (Å²) in [7, 11) is 0. The summed E-state index contributed by atoms with van der Waals surface area (Å²) in [4.78, 5) is 41.3. The Balaban J connectivity index is 1.51. The number of aromatic nitrogens is 1. The van der Waals surface area contributed by atoms with Crippen molar-refractivity contribution in [2.75, 3.05) is 25.0 Å². The Morgan fingerprint density at radius 1 is 1.31 bits per heavy atom. The second-order valence-electron chi connectivity index (χ2n) is 5.77. The quantitative estimate of drug-likeness (QED) is 0.826. The van der Waals surface area contributed by atoms with Gasteiger partial charge < -0.3 is 10.2 Å². The number of rotatable bonds is 5. The molecule has 0 saturated carbocycles. The normalized spacial score (nSPS) is 14.0. The number of aryl methyl sites for hydroxylation is 1. The van der Waals surface area contributed by atoms with Crippen molar-refractivity contribution < 1.29 is 18.8 Å². The summed E-state index contributed by atoms with van der Waals surface area (Å²) in [5.74, 6) is -1.02. The zero-order chi connectivity index (χ0) is 18.5. The fourth-order valence-electron chi connectivity index (χ4n) is 2.49. The predicted molar refractivity (Wildman–Crippen MR) is 94.4 cm³/mol. The van der Waals surface area contributed by atoms with Gasteiger partial charge in [-0.1, -0.05) is 0 Å². The van der Waals surface area contributed by atoms with Gasteiger partial charge in [-0.3, -0.25) is 19.7 Å². The lowest BCUT2D eigenvalue weighted by atomic mass is 10.2. The Kier molecular flexibility index (Phi) is 5.57. The van der Waals surface area contributed by atoms with Crippen LogP contribution in [0.5, 0.6) is 0 Å². The second-order valence-corrected chi connectivity index (χ2v) is 6.63. The van der Waals surface area contributed by atoms with Crippen LogP contribution in [0.4, 0.5) is 9.52 Å². The SMILES string of the molecule is O=C1CN(C(=O)CCc2csc(NC(=O)c3ccc(F)cc3)n2)CCN1. The van der Waals surface area contributed by atoms with E-state index in [0.717, 1.165) is 0 Å². The first kappa shape index (κ1) is 18.0. The Hall–Kier alpha value is -2.81. The number of halogens is 1. The van der Waals surface area contributed by atoms with Crippen LogP contribution in [0, 0.1) is 5.82 Å². The fraction of sp³-hybridized carbons (Fsp3) is 0.294. The molecule has 2 heterocycles. The van der Waals surface area contributed by atoms with E-state index in [9.17, 15) is 18.8 Å². The van der Waals surface area contributed by atoms with Gasteiger partial charge in [0.2, 0.25) is 11.8 Å². The van der Waals surface area contributed by atoms with E-state index in [1.807, 2.05) is 0 Å². The summed E-state index contributed by atoms with van der Waals surface area (Å²) < 4.78 is 12.9. The van der Waals surface area contributed by atoms with Gasteiger partial charge in [0, 0.05) is 30.5 Å². The smallest absolute Gasteiger partial charge is 0.257 e. The van der Waals surface area contributed by atoms with Crippen molar-refractivity contribution in [1.29, 1.82) is 0 Å². The van der Waals surface area contributed by atoms with Crippen LogP contribution >= 0.6 is 11.3 Å². The van der Waals surface area contributed by atoms with Crippen LogP contribution in [0.2, 0.25) is 0 Å². The Morgan fingerprint density at radius 3 is 2.81 bits per heavy atom. The zero-order valence-electron chi connectivity index (χ0n) is 13.8. The number of benzene rings is 1. The molecule has 3 rings (SSSR count). The molecule has 0 aliphatic carbocycles. The summed E-state index contributed by atoms with van der Waals surface area (Å²) in [5, 5.41) is 7.52. The maximum Gasteiger partial charge on any atom is 0.257 e. The molecular weight excluding hydrogens is 359 g/mol. The van der Waals surface area contributed by atoms with Crippen molar-refractivity contribution in [1.82, 2.24) is 15.2 Å². The summed E-state index contributed by atoms with van der Waals surface area (Å²) in [6, 6.07) is 5.22. The number of carbonyl (C=O) groups excluding carboxylic acids is 3. The Bertz CT molecular complexity index is 822. The lowest BCUT2D eigenvalue weighted by molar-refractivity contribution is -0.138. The lowest BCUT2D eigenvalue weighted by Gasteiger charge is -2.26. The van der Waals surface area contributed by atoms with E-state index in [1.165, 1.54) is 40.5 Å². The minimum absolute atomic E-state index is 0.0921. The topological polar surface area (TPSA) is 91.4 Å². The summed E-state index contributed by atoms with van der Waals surface area (Å²) >= 11 is 1.26. The average Bonchev–Trinajstić information content (AvgIpc) is 3.07. The molecule has 0 radical (unpaired) electrons. The van der Waals surface area contributed by atoms with Gasteiger partial charge in [0.05, 0.1) is 12.2 Å². The van der Waals surface area contributed by atoms with Crippen molar-refractivity contribution in [3.8, 4) is 0 Å². The van der Waals surface area contributed by atoms with Crippen LogP contribution < -0.4 is 10.6 Å². The molecule has 1 aliphatic rings. The van der Waals surface area contributed by atoms with Crippen LogP contribution in [0.1, 0.15) is 22.5 Å². The van der Waals surface area contributed by atoms with Crippen molar-refractivity contribution in [2.45, 2.75) is 12.8 Å². The fourth-order valence-corrected chi connectivity index (χ4v) is 3.23. The van der Waals surface area contributed by atoms with Crippen molar-refractivity contribution in [3.05, 3.63) is 46.7 Å². The van der Waals surface area contributed by atoms with Crippen molar-refractivity contribution in [2.24, 2.45) is 0 Å². The highest BCUT2D eigenvalue weighted by atomic mass is 32.1. The van der Waals surface area contributed by atoms with Gasteiger partial charge in [0.1, 0.15) is 5.82 Å². The minimum Gasteiger partial charge on any atom is -0.353 e. The first-order valence-electron chi connectivity index (χ1n) is 8.07. The third-order valence-electron chi connectivity index (χ3n) is 3.86. The van der Waals surface area contributed by atoms with Gasteiger partial charge in [-0.25, -0.2) is 9.37 Å². The van der Waals surface area contributed by atoms with Gasteiger partial charge in [-0.15, -0.1) is 11.3 Å². The first-order valence-corrected chi connectivity index (χ1v) is 8.95. The molecule has 2 N–H and O–H groups in total. The minimum atomic E-state index is -0.408. The van der Waals surface area contributed by atoms with E-state index in [0.29, 0.717) is 35.9 Å². The third kappa shape index (κ3) is 4.63. The number of amides is 3. The van der Waals surface area contributed by atoms with E-state index in [4.69, 9.17) is 0 Å². The lowest BCUT2D eigenvalue weighted by Crippen LogP contribution is -2.50. The second kappa shape index (κ2) is 8.05. The highest BCUT2D eigenvalue weighted by Gasteiger charge is 2.21. The molecule has 3 amide bonds. The molecule has 0 atom stereocenters.